The van der Waals surface area contributed by atoms with Crippen LogP contribution < -0.4 is 10.4 Å². The third-order valence-corrected chi connectivity index (χ3v) is 6.43. The van der Waals surface area contributed by atoms with Crippen molar-refractivity contribution in [2.75, 3.05) is 31.1 Å². The molecular formula is C25H25BN8. The first kappa shape index (κ1) is 20.6. The van der Waals surface area contributed by atoms with Crippen molar-refractivity contribution in [3.05, 3.63) is 79.3 Å². The van der Waals surface area contributed by atoms with E-state index in [9.17, 15) is 0 Å². The minimum Gasteiger partial charge on any atom is -0.368 e. The van der Waals surface area contributed by atoms with Gasteiger partial charge in [0.2, 0.25) is 0 Å². The van der Waals surface area contributed by atoms with Crippen molar-refractivity contribution in [2.45, 2.75) is 6.54 Å². The molecule has 34 heavy (non-hydrogen) atoms. The van der Waals surface area contributed by atoms with E-state index in [0.717, 1.165) is 66.4 Å². The normalized spacial score (nSPS) is 14.6. The highest BCUT2D eigenvalue weighted by Crippen LogP contribution is 2.27. The lowest BCUT2D eigenvalue weighted by atomic mass is 9.95. The molecule has 1 aromatic carbocycles. The Morgan fingerprint density at radius 3 is 2.53 bits per heavy atom. The molecule has 0 saturated carbocycles. The zero-order valence-corrected chi connectivity index (χ0v) is 19.1. The predicted molar refractivity (Wildman–Crippen MR) is 136 cm³/mol. The van der Waals surface area contributed by atoms with Crippen LogP contribution in [0, 0.1) is 0 Å². The number of fused-ring (bicyclic) bond motifs is 1. The summed E-state index contributed by atoms with van der Waals surface area (Å²) >= 11 is 0. The molecule has 0 atom stereocenters. The maximum absolute atomic E-state index is 5.00. The number of imidazole rings is 2. The van der Waals surface area contributed by atoms with Crippen molar-refractivity contribution in [1.29, 1.82) is 0 Å². The molecule has 6 rings (SSSR count). The minimum absolute atomic E-state index is 0.826. The van der Waals surface area contributed by atoms with Crippen molar-refractivity contribution in [3.63, 3.8) is 0 Å². The molecule has 8 nitrogen and oxygen atoms in total. The van der Waals surface area contributed by atoms with Gasteiger partial charge in [-0.2, -0.15) is 0 Å². The fourth-order valence-electron chi connectivity index (χ4n) is 4.65. The summed E-state index contributed by atoms with van der Waals surface area (Å²) in [5.74, 6) is 0.835. The van der Waals surface area contributed by atoms with Gasteiger partial charge in [-0.25, -0.2) is 15.0 Å². The molecule has 1 aliphatic rings. The molecule has 1 aliphatic heterocycles. The Balaban J connectivity index is 1.24. The highest BCUT2D eigenvalue weighted by molar-refractivity contribution is 6.37. The van der Waals surface area contributed by atoms with Crippen molar-refractivity contribution in [3.8, 4) is 17.1 Å². The first-order chi connectivity index (χ1) is 16.7. The fraction of sp³-hybridized carbons (Fsp3) is 0.200. The third kappa shape index (κ3) is 3.95. The second-order valence-corrected chi connectivity index (χ2v) is 8.71. The van der Waals surface area contributed by atoms with Crippen molar-refractivity contribution >= 4 is 30.2 Å². The lowest BCUT2D eigenvalue weighted by molar-refractivity contribution is 0.250. The van der Waals surface area contributed by atoms with Crippen LogP contribution in [0.5, 0.6) is 0 Å². The lowest BCUT2D eigenvalue weighted by Gasteiger charge is -2.36. The van der Waals surface area contributed by atoms with E-state index in [1.165, 1.54) is 11.3 Å². The second-order valence-electron chi connectivity index (χ2n) is 8.71. The first-order valence-electron chi connectivity index (χ1n) is 11.5. The molecule has 168 valence electrons. The summed E-state index contributed by atoms with van der Waals surface area (Å²) in [4.78, 5) is 26.4. The number of anilines is 1. The number of pyridine rings is 2. The Bertz CT molecular complexity index is 1390. The van der Waals surface area contributed by atoms with Gasteiger partial charge in [0.1, 0.15) is 19.2 Å². The summed E-state index contributed by atoms with van der Waals surface area (Å²) in [6.07, 6.45) is 11.2. The van der Waals surface area contributed by atoms with Crippen LogP contribution in [-0.4, -0.2) is 68.4 Å². The van der Waals surface area contributed by atoms with Gasteiger partial charge in [0.15, 0.2) is 5.65 Å². The maximum Gasteiger partial charge on any atom is 0.159 e. The van der Waals surface area contributed by atoms with Crippen molar-refractivity contribution in [1.82, 2.24) is 34.4 Å². The van der Waals surface area contributed by atoms with Gasteiger partial charge in [-0.3, -0.25) is 9.88 Å². The van der Waals surface area contributed by atoms with Gasteiger partial charge >= 0.3 is 0 Å². The Morgan fingerprint density at radius 2 is 1.79 bits per heavy atom. The SMILES string of the molecule is Bc1cnc2[nH]c(-c3ccc(-n4ccnc4)cc3)nc2c1N1CCN(Cc2cccnc2)CC1. The molecule has 5 heterocycles. The smallest absolute Gasteiger partial charge is 0.159 e. The van der Waals surface area contributed by atoms with Gasteiger partial charge in [0.25, 0.3) is 0 Å². The minimum atomic E-state index is 0.826. The first-order valence-corrected chi connectivity index (χ1v) is 11.5. The Hall–Kier alpha value is -3.98. The van der Waals surface area contributed by atoms with Gasteiger partial charge in [0, 0.05) is 75.0 Å². The largest absolute Gasteiger partial charge is 0.368 e. The number of aromatic amines is 1. The number of rotatable bonds is 5. The number of piperazine rings is 1. The summed E-state index contributed by atoms with van der Waals surface area (Å²) in [7, 11) is 2.12. The molecule has 9 heteroatoms. The molecule has 4 aromatic heterocycles. The van der Waals surface area contributed by atoms with Crippen LogP contribution in [-0.2, 0) is 6.54 Å². The third-order valence-electron chi connectivity index (χ3n) is 6.43. The molecule has 0 bridgehead atoms. The zero-order valence-electron chi connectivity index (χ0n) is 19.1. The van der Waals surface area contributed by atoms with Crippen LogP contribution in [0.15, 0.2) is 73.7 Å². The number of nitrogens with zero attached hydrogens (tertiary/aromatic N) is 7. The molecule has 0 spiro atoms. The summed E-state index contributed by atoms with van der Waals surface area (Å²) in [6, 6.07) is 12.5. The number of nitrogens with one attached hydrogen (secondary N) is 1. The molecule has 1 N–H and O–H groups in total. The van der Waals surface area contributed by atoms with E-state index in [1.54, 1.807) is 12.5 Å². The Labute approximate surface area is 198 Å². The fourth-order valence-corrected chi connectivity index (χ4v) is 4.65. The van der Waals surface area contributed by atoms with Gasteiger partial charge in [-0.15, -0.1) is 0 Å². The molecule has 0 radical (unpaired) electrons. The van der Waals surface area contributed by atoms with Gasteiger partial charge in [0.05, 0.1) is 12.0 Å². The number of aromatic nitrogens is 6. The van der Waals surface area contributed by atoms with E-state index in [0.29, 0.717) is 0 Å². The van der Waals surface area contributed by atoms with Crippen LogP contribution in [0.3, 0.4) is 0 Å². The average Bonchev–Trinajstić information content (AvgIpc) is 3.56. The highest BCUT2D eigenvalue weighted by Gasteiger charge is 2.22. The highest BCUT2D eigenvalue weighted by atomic mass is 15.3. The summed E-state index contributed by atoms with van der Waals surface area (Å²) in [6.45, 7) is 4.87. The molecule has 0 amide bonds. The van der Waals surface area contributed by atoms with E-state index >= 15 is 0 Å². The summed E-state index contributed by atoms with van der Waals surface area (Å²) in [5, 5.41) is 0. The van der Waals surface area contributed by atoms with E-state index in [4.69, 9.17) is 4.98 Å². The number of hydrogen-bond acceptors (Lipinski definition) is 6. The molecule has 0 aliphatic carbocycles. The predicted octanol–water partition coefficient (Wildman–Crippen LogP) is 1.79. The Morgan fingerprint density at radius 1 is 0.941 bits per heavy atom. The average molecular weight is 448 g/mol. The standard InChI is InChI=1S/C25H25BN8/c26-21-15-29-25-22(23(21)33-12-10-32(11-13-33)16-18-2-1-7-27-14-18)30-24(31-25)19-3-5-20(6-4-19)34-9-8-28-17-34/h1-9,14-15,17H,10-13,16,26H2,(H,29,30,31). The van der Waals surface area contributed by atoms with E-state index < -0.39 is 0 Å². The lowest BCUT2D eigenvalue weighted by Crippen LogP contribution is -2.47. The van der Waals surface area contributed by atoms with E-state index in [1.807, 2.05) is 35.4 Å². The molecular weight excluding hydrogens is 423 g/mol. The van der Waals surface area contributed by atoms with Crippen LogP contribution >= 0.6 is 0 Å². The van der Waals surface area contributed by atoms with Crippen LogP contribution in [0.4, 0.5) is 5.69 Å². The molecule has 1 saturated heterocycles. The van der Waals surface area contributed by atoms with Gasteiger partial charge in [-0.05, 0) is 41.4 Å². The number of benzene rings is 1. The van der Waals surface area contributed by atoms with Crippen molar-refractivity contribution < 1.29 is 0 Å². The molecule has 5 aromatic rings. The van der Waals surface area contributed by atoms with E-state index in [-0.39, 0.29) is 0 Å². The van der Waals surface area contributed by atoms with Gasteiger partial charge < -0.3 is 14.5 Å². The topological polar surface area (TPSA) is 78.8 Å². The number of hydrogen-bond donors (Lipinski definition) is 1. The summed E-state index contributed by atoms with van der Waals surface area (Å²) < 4.78 is 1.99. The zero-order chi connectivity index (χ0) is 22.9. The van der Waals surface area contributed by atoms with Gasteiger partial charge in [-0.1, -0.05) is 6.07 Å². The summed E-state index contributed by atoms with van der Waals surface area (Å²) in [5.41, 5.74) is 7.46. The van der Waals surface area contributed by atoms with E-state index in [2.05, 4.69) is 67.9 Å². The maximum atomic E-state index is 5.00. The molecule has 1 fully saturated rings. The van der Waals surface area contributed by atoms with Crippen LogP contribution in [0.2, 0.25) is 0 Å². The second kappa shape index (κ2) is 8.76. The van der Waals surface area contributed by atoms with Crippen LogP contribution in [0.25, 0.3) is 28.2 Å². The van der Waals surface area contributed by atoms with Crippen molar-refractivity contribution in [2.24, 2.45) is 0 Å². The van der Waals surface area contributed by atoms with Crippen LogP contribution in [0.1, 0.15) is 5.56 Å². The quantitative estimate of drug-likeness (QED) is 0.413. The Kier molecular flexibility index (Phi) is 5.31. The number of H-pyrrole nitrogens is 1. The molecule has 0 unspecified atom stereocenters. The monoisotopic (exact) mass is 448 g/mol.